The van der Waals surface area contributed by atoms with Crippen LogP contribution in [-0.4, -0.2) is 67.1 Å². The van der Waals surface area contributed by atoms with E-state index in [-0.39, 0.29) is 34.4 Å². The number of hydrogen-bond acceptors (Lipinski definition) is 8. The third-order valence-electron chi connectivity index (χ3n) is 5.31. The predicted molar refractivity (Wildman–Crippen MR) is 105 cm³/mol. The number of aromatic nitrogens is 2. The van der Waals surface area contributed by atoms with Crippen LogP contribution in [0.1, 0.15) is 22.3 Å². The predicted octanol–water partition coefficient (Wildman–Crippen LogP) is 2.01. The first kappa shape index (κ1) is 22.3. The van der Waals surface area contributed by atoms with Crippen LogP contribution in [0.25, 0.3) is 0 Å². The summed E-state index contributed by atoms with van der Waals surface area (Å²) < 4.78 is 70.4. The zero-order valence-corrected chi connectivity index (χ0v) is 17.7. The van der Waals surface area contributed by atoms with E-state index < -0.39 is 21.9 Å². The molecular weight excluding hydrogens is 453 g/mol. The van der Waals surface area contributed by atoms with Crippen LogP contribution in [0.4, 0.5) is 19.1 Å². The third-order valence-corrected chi connectivity index (χ3v) is 6.40. The molecule has 1 amide bonds. The number of hydrogen-bond donors (Lipinski definition) is 1. The summed E-state index contributed by atoms with van der Waals surface area (Å²) in [7, 11) is -3.77. The third kappa shape index (κ3) is 4.63. The highest BCUT2D eigenvalue weighted by atomic mass is 32.2. The van der Waals surface area contributed by atoms with Crippen molar-refractivity contribution in [3.63, 3.8) is 0 Å². The molecule has 9 nitrogen and oxygen atoms in total. The van der Waals surface area contributed by atoms with Crippen molar-refractivity contribution in [2.45, 2.75) is 29.8 Å². The summed E-state index contributed by atoms with van der Waals surface area (Å²) in [5.74, 6) is -0.724. The van der Waals surface area contributed by atoms with Crippen LogP contribution in [0, 0.1) is 0 Å². The standard InChI is InChI=1S/C19H19F3N4O5S/c1-32(28,29)15-5-12(4-14(6-15)31-19(20,21)22)7-23-17-24-8-13(9-25-17)16(27)26-3-2-18(26)10-30-11-18/h4-6,8-9H,2-3,7,10-11H2,1H3,(H,23,24,25). The molecule has 3 heterocycles. The molecule has 172 valence electrons. The number of anilines is 1. The summed E-state index contributed by atoms with van der Waals surface area (Å²) in [5.41, 5.74) is 0.305. The van der Waals surface area contributed by atoms with Crippen molar-refractivity contribution >= 4 is 21.7 Å². The molecule has 1 N–H and O–H groups in total. The van der Waals surface area contributed by atoms with E-state index in [1.807, 2.05) is 0 Å². The van der Waals surface area contributed by atoms with Gasteiger partial charge < -0.3 is 19.7 Å². The zero-order chi connectivity index (χ0) is 23.1. The number of nitrogens with one attached hydrogen (secondary N) is 1. The second kappa shape index (κ2) is 7.89. The first-order valence-electron chi connectivity index (χ1n) is 9.51. The van der Waals surface area contributed by atoms with Gasteiger partial charge in [0.05, 0.1) is 29.2 Å². The molecule has 32 heavy (non-hydrogen) atoms. The van der Waals surface area contributed by atoms with E-state index in [9.17, 15) is 26.4 Å². The molecule has 0 radical (unpaired) electrons. The molecule has 2 aliphatic rings. The molecule has 1 aromatic carbocycles. The number of ether oxygens (including phenoxy) is 2. The fraction of sp³-hybridized carbons (Fsp3) is 0.421. The van der Waals surface area contributed by atoms with Crippen LogP contribution < -0.4 is 10.1 Å². The number of sulfone groups is 1. The Balaban J connectivity index is 1.45. The van der Waals surface area contributed by atoms with Crippen molar-refractivity contribution in [2.75, 3.05) is 31.3 Å². The Bertz CT molecular complexity index is 1130. The van der Waals surface area contributed by atoms with Gasteiger partial charge in [0.2, 0.25) is 5.95 Å². The maximum atomic E-state index is 12.6. The van der Waals surface area contributed by atoms with E-state index in [1.165, 1.54) is 18.5 Å². The van der Waals surface area contributed by atoms with Crippen LogP contribution in [0.2, 0.25) is 0 Å². The summed E-state index contributed by atoms with van der Waals surface area (Å²) in [6.45, 7) is 1.61. The number of rotatable bonds is 6. The topological polar surface area (TPSA) is 111 Å². The molecule has 13 heteroatoms. The van der Waals surface area contributed by atoms with Gasteiger partial charge >= 0.3 is 6.36 Å². The molecule has 2 saturated heterocycles. The van der Waals surface area contributed by atoms with E-state index in [1.54, 1.807) is 4.90 Å². The molecule has 0 unspecified atom stereocenters. The number of amides is 1. The average molecular weight is 472 g/mol. The Morgan fingerprint density at radius 2 is 1.94 bits per heavy atom. The zero-order valence-electron chi connectivity index (χ0n) is 16.8. The fourth-order valence-electron chi connectivity index (χ4n) is 3.50. The lowest BCUT2D eigenvalue weighted by atomic mass is 9.82. The van der Waals surface area contributed by atoms with Gasteiger partial charge in [-0.15, -0.1) is 13.2 Å². The number of likely N-dealkylation sites (tertiary alicyclic amines) is 1. The molecule has 0 aliphatic carbocycles. The first-order valence-corrected chi connectivity index (χ1v) is 11.4. The molecule has 0 saturated carbocycles. The van der Waals surface area contributed by atoms with E-state index in [2.05, 4.69) is 20.0 Å². The van der Waals surface area contributed by atoms with Gasteiger partial charge in [-0.2, -0.15) is 0 Å². The van der Waals surface area contributed by atoms with Crippen molar-refractivity contribution in [3.05, 3.63) is 41.7 Å². The van der Waals surface area contributed by atoms with Crippen molar-refractivity contribution in [3.8, 4) is 5.75 Å². The van der Waals surface area contributed by atoms with Gasteiger partial charge in [-0.1, -0.05) is 0 Å². The van der Waals surface area contributed by atoms with Crippen molar-refractivity contribution in [1.82, 2.24) is 14.9 Å². The maximum Gasteiger partial charge on any atom is 0.573 e. The number of benzene rings is 1. The maximum absolute atomic E-state index is 12.6. The summed E-state index contributed by atoms with van der Waals surface area (Å²) in [6, 6.07) is 3.10. The molecule has 1 spiro atoms. The number of carbonyl (C=O) groups is 1. The average Bonchev–Trinajstić information content (AvgIpc) is 2.62. The highest BCUT2D eigenvalue weighted by molar-refractivity contribution is 7.90. The van der Waals surface area contributed by atoms with Crippen molar-refractivity contribution in [2.24, 2.45) is 0 Å². The van der Waals surface area contributed by atoms with Gasteiger partial charge in [-0.25, -0.2) is 18.4 Å². The van der Waals surface area contributed by atoms with Gasteiger partial charge in [-0.3, -0.25) is 4.79 Å². The second-order valence-corrected chi connectivity index (χ2v) is 9.72. The molecule has 4 rings (SSSR count). The van der Waals surface area contributed by atoms with Gasteiger partial charge in [0.25, 0.3) is 5.91 Å². The monoisotopic (exact) mass is 472 g/mol. The van der Waals surface area contributed by atoms with Gasteiger partial charge in [0.1, 0.15) is 5.75 Å². The van der Waals surface area contributed by atoms with Crippen molar-refractivity contribution in [1.29, 1.82) is 0 Å². The molecule has 2 aromatic rings. The van der Waals surface area contributed by atoms with Crippen molar-refractivity contribution < 1.29 is 35.9 Å². The molecule has 0 atom stereocenters. The van der Waals surface area contributed by atoms with Gasteiger partial charge in [0, 0.05) is 31.7 Å². The minimum absolute atomic E-state index is 0.0720. The number of alkyl halides is 3. The lowest BCUT2D eigenvalue weighted by Gasteiger charge is -2.57. The smallest absolute Gasteiger partial charge is 0.406 e. The Labute approximate surface area is 181 Å². The summed E-state index contributed by atoms with van der Waals surface area (Å²) in [6.07, 6.45) is -0.477. The minimum Gasteiger partial charge on any atom is -0.406 e. The fourth-order valence-corrected chi connectivity index (χ4v) is 4.20. The second-order valence-electron chi connectivity index (χ2n) is 7.71. The van der Waals surface area contributed by atoms with Crippen LogP contribution in [-0.2, 0) is 21.1 Å². The molecule has 1 aromatic heterocycles. The highest BCUT2D eigenvalue weighted by Crippen LogP contribution is 2.38. The summed E-state index contributed by atoms with van der Waals surface area (Å²) >= 11 is 0. The first-order chi connectivity index (χ1) is 15.0. The Kier molecular flexibility index (Phi) is 5.49. The SMILES string of the molecule is CS(=O)(=O)c1cc(CNc2ncc(C(=O)N3CCC34COC4)cn2)cc(OC(F)(F)F)c1. The van der Waals surface area contributed by atoms with Crippen LogP contribution >= 0.6 is 0 Å². The van der Waals surface area contributed by atoms with Crippen LogP contribution in [0.3, 0.4) is 0 Å². The highest BCUT2D eigenvalue weighted by Gasteiger charge is 2.53. The lowest BCUT2D eigenvalue weighted by Crippen LogP contribution is -2.72. The molecule has 2 aliphatic heterocycles. The Morgan fingerprint density at radius 3 is 2.44 bits per heavy atom. The van der Waals surface area contributed by atoms with Crippen LogP contribution in [0.5, 0.6) is 5.75 Å². The normalized spacial score (nSPS) is 17.4. The number of carbonyl (C=O) groups excluding carboxylic acids is 1. The van der Waals surface area contributed by atoms with Gasteiger partial charge in [0.15, 0.2) is 9.84 Å². The minimum atomic E-state index is -4.97. The molecular formula is C19H19F3N4O5S. The van der Waals surface area contributed by atoms with E-state index in [0.29, 0.717) is 25.3 Å². The van der Waals surface area contributed by atoms with E-state index >= 15 is 0 Å². The quantitative estimate of drug-likeness (QED) is 0.680. The summed E-state index contributed by atoms with van der Waals surface area (Å²) in [5, 5.41) is 2.79. The van der Waals surface area contributed by atoms with Gasteiger partial charge in [-0.05, 0) is 30.2 Å². The molecule has 0 bridgehead atoms. The number of nitrogens with zero attached hydrogens (tertiary/aromatic N) is 3. The largest absolute Gasteiger partial charge is 0.573 e. The van der Waals surface area contributed by atoms with Crippen LogP contribution in [0.15, 0.2) is 35.5 Å². The Hall–Kier alpha value is -2.93. The number of halogens is 3. The van der Waals surface area contributed by atoms with E-state index in [4.69, 9.17) is 4.74 Å². The van der Waals surface area contributed by atoms with E-state index in [0.717, 1.165) is 24.8 Å². The lowest BCUT2D eigenvalue weighted by molar-refractivity contribution is -0.274. The molecule has 2 fully saturated rings. The Morgan fingerprint density at radius 1 is 1.25 bits per heavy atom. The summed E-state index contributed by atoms with van der Waals surface area (Å²) in [4.78, 5) is 22.2.